The minimum Gasteiger partial charge on any atom is -0.493 e. The average Bonchev–Trinajstić information content (AvgIpc) is 3.47. The van der Waals surface area contributed by atoms with Crippen LogP contribution in [0, 0.1) is 12.8 Å². The second-order valence-corrected chi connectivity index (χ2v) is 8.07. The van der Waals surface area contributed by atoms with E-state index in [1.54, 1.807) is 42.3 Å². The zero-order valence-corrected chi connectivity index (χ0v) is 18.7. The van der Waals surface area contributed by atoms with Crippen molar-refractivity contribution in [1.29, 1.82) is 0 Å². The first-order valence-electron chi connectivity index (χ1n) is 10.8. The normalized spacial score (nSPS) is 16.5. The molecule has 34 heavy (non-hydrogen) atoms. The predicted molar refractivity (Wildman–Crippen MR) is 124 cm³/mol. The average molecular weight is 461 g/mol. The van der Waals surface area contributed by atoms with Crippen LogP contribution >= 0.6 is 0 Å². The lowest BCUT2D eigenvalue weighted by molar-refractivity contribution is -0.122. The number of carbonyl (C=O) groups excluding carboxylic acids is 2. The Kier molecular flexibility index (Phi) is 5.67. The number of aromatic nitrogens is 1. The number of pyridine rings is 1. The van der Waals surface area contributed by atoms with E-state index >= 15 is 0 Å². The Bertz CT molecular complexity index is 1240. The molecule has 0 spiro atoms. The molecule has 9 nitrogen and oxygen atoms in total. The lowest BCUT2D eigenvalue weighted by Crippen LogP contribution is -2.28. The molecule has 1 atom stereocenters. The Labute approximate surface area is 196 Å². The lowest BCUT2D eigenvalue weighted by atomic mass is 10.1. The van der Waals surface area contributed by atoms with E-state index < -0.39 is 5.92 Å². The van der Waals surface area contributed by atoms with Crippen LogP contribution in [-0.2, 0) is 9.59 Å². The molecule has 1 saturated heterocycles. The molecule has 174 valence electrons. The van der Waals surface area contributed by atoms with Crippen molar-refractivity contribution in [2.75, 3.05) is 30.7 Å². The summed E-state index contributed by atoms with van der Waals surface area (Å²) >= 11 is 0. The van der Waals surface area contributed by atoms with Crippen LogP contribution < -0.4 is 29.2 Å². The zero-order chi connectivity index (χ0) is 23.7. The molecular formula is C25H23N3O6. The highest BCUT2D eigenvalue weighted by Crippen LogP contribution is 2.37. The summed E-state index contributed by atoms with van der Waals surface area (Å²) in [4.78, 5) is 31.2. The molecule has 1 aromatic heterocycles. The molecule has 9 heteroatoms. The fourth-order valence-corrected chi connectivity index (χ4v) is 3.92. The summed E-state index contributed by atoms with van der Waals surface area (Å²) in [5.74, 6) is 1.92. The molecule has 2 aliphatic rings. The van der Waals surface area contributed by atoms with Gasteiger partial charge in [0.15, 0.2) is 23.0 Å². The highest BCUT2D eigenvalue weighted by Gasteiger charge is 2.35. The highest BCUT2D eigenvalue weighted by molar-refractivity contribution is 6.03. The van der Waals surface area contributed by atoms with E-state index in [2.05, 4.69) is 10.3 Å². The van der Waals surface area contributed by atoms with Gasteiger partial charge in [0, 0.05) is 30.8 Å². The molecular weight excluding hydrogens is 438 g/mol. The number of nitrogens with one attached hydrogen (secondary N) is 1. The number of benzene rings is 2. The van der Waals surface area contributed by atoms with Crippen LogP contribution in [-0.4, -0.2) is 37.2 Å². The summed E-state index contributed by atoms with van der Waals surface area (Å²) in [6, 6.07) is 14.3. The van der Waals surface area contributed by atoms with E-state index in [0.29, 0.717) is 40.3 Å². The van der Waals surface area contributed by atoms with E-state index in [1.807, 2.05) is 25.1 Å². The molecule has 2 aliphatic heterocycles. The number of ether oxygens (including phenoxy) is 4. The predicted octanol–water partition coefficient (Wildman–Crippen LogP) is 3.91. The van der Waals surface area contributed by atoms with E-state index in [-0.39, 0.29) is 31.6 Å². The smallest absolute Gasteiger partial charge is 0.231 e. The number of hydrogen-bond donors (Lipinski definition) is 1. The van der Waals surface area contributed by atoms with Crippen LogP contribution in [0.25, 0.3) is 0 Å². The topological polar surface area (TPSA) is 99.2 Å². The van der Waals surface area contributed by atoms with E-state index in [0.717, 1.165) is 5.56 Å². The van der Waals surface area contributed by atoms with Crippen LogP contribution in [0.1, 0.15) is 12.0 Å². The summed E-state index contributed by atoms with van der Waals surface area (Å²) in [5, 5.41) is 2.83. The maximum absolute atomic E-state index is 12.8. The lowest BCUT2D eigenvalue weighted by Gasteiger charge is -2.17. The molecule has 2 amide bonds. The second-order valence-electron chi connectivity index (χ2n) is 8.07. The standard InChI is InChI=1S/C25H23N3O6/c1-15-3-6-20(21(9-15)31-2)34-23-8-4-17(12-26-23)27-25(30)16-10-24(29)28(13-16)18-5-7-19-22(11-18)33-14-32-19/h3-9,11-12,16H,10,13-14H2,1-2H3,(H,27,30). The Morgan fingerprint density at radius 3 is 2.74 bits per heavy atom. The van der Waals surface area contributed by atoms with E-state index in [9.17, 15) is 9.59 Å². The number of anilines is 2. The largest absolute Gasteiger partial charge is 0.493 e. The fraction of sp³-hybridized carbons (Fsp3) is 0.240. The van der Waals surface area contributed by atoms with Gasteiger partial charge in [-0.3, -0.25) is 9.59 Å². The summed E-state index contributed by atoms with van der Waals surface area (Å²) in [6.45, 7) is 2.41. The summed E-state index contributed by atoms with van der Waals surface area (Å²) in [5.41, 5.74) is 2.25. The quantitative estimate of drug-likeness (QED) is 0.594. The molecule has 5 rings (SSSR count). The summed E-state index contributed by atoms with van der Waals surface area (Å²) in [6.07, 6.45) is 1.64. The van der Waals surface area contributed by atoms with Crippen LogP contribution in [0.4, 0.5) is 11.4 Å². The zero-order valence-electron chi connectivity index (χ0n) is 18.7. The Hall–Kier alpha value is -4.27. The van der Waals surface area contributed by atoms with Crippen LogP contribution in [0.5, 0.6) is 28.9 Å². The molecule has 3 aromatic rings. The van der Waals surface area contributed by atoms with Gasteiger partial charge in [-0.1, -0.05) is 6.07 Å². The van der Waals surface area contributed by atoms with Crippen LogP contribution in [0.15, 0.2) is 54.7 Å². The van der Waals surface area contributed by atoms with Gasteiger partial charge < -0.3 is 29.2 Å². The first-order valence-corrected chi connectivity index (χ1v) is 10.8. The third kappa shape index (κ3) is 4.32. The van der Waals surface area contributed by atoms with Gasteiger partial charge in [-0.05, 0) is 42.8 Å². The number of carbonyl (C=O) groups is 2. The van der Waals surface area contributed by atoms with Gasteiger partial charge in [-0.2, -0.15) is 0 Å². The van der Waals surface area contributed by atoms with E-state index in [4.69, 9.17) is 18.9 Å². The van der Waals surface area contributed by atoms with Crippen molar-refractivity contribution in [3.63, 3.8) is 0 Å². The molecule has 0 saturated carbocycles. The van der Waals surface area contributed by atoms with Gasteiger partial charge in [-0.15, -0.1) is 0 Å². The third-order valence-electron chi connectivity index (χ3n) is 5.70. The minimum absolute atomic E-state index is 0.118. The maximum atomic E-state index is 12.8. The molecule has 0 aliphatic carbocycles. The third-order valence-corrected chi connectivity index (χ3v) is 5.70. The summed E-state index contributed by atoms with van der Waals surface area (Å²) in [7, 11) is 1.58. The SMILES string of the molecule is COc1cc(C)ccc1Oc1ccc(NC(=O)C2CC(=O)N(c3ccc4c(c3)OCO4)C2)cn1. The van der Waals surface area contributed by atoms with Gasteiger partial charge in [0.05, 0.1) is 24.9 Å². The maximum Gasteiger partial charge on any atom is 0.231 e. The molecule has 0 bridgehead atoms. The Balaban J connectivity index is 1.21. The molecule has 1 N–H and O–H groups in total. The van der Waals surface area contributed by atoms with Crippen molar-refractivity contribution in [3.8, 4) is 28.9 Å². The molecule has 2 aromatic carbocycles. The van der Waals surface area contributed by atoms with Crippen molar-refractivity contribution in [2.45, 2.75) is 13.3 Å². The number of methoxy groups -OCH3 is 1. The van der Waals surface area contributed by atoms with Crippen molar-refractivity contribution in [2.24, 2.45) is 5.92 Å². The van der Waals surface area contributed by atoms with Crippen LogP contribution in [0.2, 0.25) is 0 Å². The minimum atomic E-state index is -0.481. The van der Waals surface area contributed by atoms with Gasteiger partial charge in [0.2, 0.25) is 24.5 Å². The van der Waals surface area contributed by atoms with Crippen molar-refractivity contribution in [3.05, 3.63) is 60.3 Å². The number of hydrogen-bond acceptors (Lipinski definition) is 7. The van der Waals surface area contributed by atoms with E-state index in [1.165, 1.54) is 6.20 Å². The fourth-order valence-electron chi connectivity index (χ4n) is 3.92. The highest BCUT2D eigenvalue weighted by atomic mass is 16.7. The monoisotopic (exact) mass is 461 g/mol. The van der Waals surface area contributed by atoms with Gasteiger partial charge in [-0.25, -0.2) is 4.98 Å². The van der Waals surface area contributed by atoms with Gasteiger partial charge in [0.1, 0.15) is 0 Å². The van der Waals surface area contributed by atoms with Crippen molar-refractivity contribution < 1.29 is 28.5 Å². The second kappa shape index (κ2) is 8.93. The first-order chi connectivity index (χ1) is 16.5. The number of nitrogens with zero attached hydrogens (tertiary/aromatic N) is 2. The molecule has 0 radical (unpaired) electrons. The molecule has 1 unspecified atom stereocenters. The number of amides is 2. The van der Waals surface area contributed by atoms with Crippen molar-refractivity contribution in [1.82, 2.24) is 4.98 Å². The number of rotatable bonds is 6. The number of fused-ring (bicyclic) bond motifs is 1. The van der Waals surface area contributed by atoms with Gasteiger partial charge in [0.25, 0.3) is 0 Å². The van der Waals surface area contributed by atoms with Crippen LogP contribution in [0.3, 0.4) is 0 Å². The Morgan fingerprint density at radius 2 is 1.94 bits per heavy atom. The first kappa shape index (κ1) is 21.6. The molecule has 1 fully saturated rings. The number of aryl methyl sites for hydroxylation is 1. The molecule has 3 heterocycles. The van der Waals surface area contributed by atoms with Crippen molar-refractivity contribution >= 4 is 23.2 Å². The van der Waals surface area contributed by atoms with Gasteiger partial charge >= 0.3 is 0 Å². The Morgan fingerprint density at radius 1 is 1.09 bits per heavy atom. The summed E-state index contributed by atoms with van der Waals surface area (Å²) < 4.78 is 21.9.